The summed E-state index contributed by atoms with van der Waals surface area (Å²) in [4.78, 5) is 0. The van der Waals surface area contributed by atoms with Crippen LogP contribution in [0.2, 0.25) is 0 Å². The number of rotatable bonds is 0. The van der Waals surface area contributed by atoms with Crippen molar-refractivity contribution in [3.63, 3.8) is 0 Å². The molecule has 0 saturated heterocycles. The van der Waals surface area contributed by atoms with Crippen LogP contribution in [0, 0.1) is 6.92 Å². The Labute approximate surface area is 123 Å². The van der Waals surface area contributed by atoms with Crippen LogP contribution in [0.15, 0.2) is 66.7 Å². The maximum atomic E-state index is 4.08. The summed E-state index contributed by atoms with van der Waals surface area (Å²) in [5.41, 5.74) is 1.07. The highest BCUT2D eigenvalue weighted by Crippen LogP contribution is 2.38. The summed E-state index contributed by atoms with van der Waals surface area (Å²) < 4.78 is 0. The Bertz CT molecular complexity index is 1120. The van der Waals surface area contributed by atoms with E-state index in [2.05, 4.69) is 73.7 Å². The van der Waals surface area contributed by atoms with Gasteiger partial charge in [0.1, 0.15) is 0 Å². The van der Waals surface area contributed by atoms with Crippen LogP contribution in [0.25, 0.3) is 43.1 Å². The highest BCUT2D eigenvalue weighted by Gasteiger charge is 2.09. The number of hydrogen-bond acceptors (Lipinski definition) is 0. The van der Waals surface area contributed by atoms with Crippen LogP contribution in [0.4, 0.5) is 0 Å². The number of fused-ring (bicyclic) bond motifs is 2. The van der Waals surface area contributed by atoms with Crippen LogP contribution in [0.1, 0.15) is 5.56 Å². The third-order valence-corrected chi connectivity index (χ3v) is 4.53. The van der Waals surface area contributed by atoms with E-state index in [-0.39, 0.29) is 0 Å². The predicted octanol–water partition coefficient (Wildman–Crippen LogP) is 5.92. The highest BCUT2D eigenvalue weighted by atomic mass is 14.1. The average molecular weight is 265 g/mol. The minimum atomic E-state index is 1.07. The molecule has 0 saturated carbocycles. The lowest BCUT2D eigenvalue weighted by molar-refractivity contribution is 1.69. The number of hydrogen-bond donors (Lipinski definition) is 0. The molecule has 5 aromatic rings. The topological polar surface area (TPSA) is 0 Å². The van der Waals surface area contributed by atoms with Gasteiger partial charge in [-0.15, -0.1) is 6.07 Å². The molecule has 5 rings (SSSR count). The molecule has 98 valence electrons. The van der Waals surface area contributed by atoms with Crippen LogP contribution < -0.4 is 0 Å². The smallest absolute Gasteiger partial charge is 0.00270 e. The zero-order valence-corrected chi connectivity index (χ0v) is 11.6. The van der Waals surface area contributed by atoms with Gasteiger partial charge in [-0.1, -0.05) is 47.9 Å². The average Bonchev–Trinajstić information content (AvgIpc) is 2.52. The van der Waals surface area contributed by atoms with Gasteiger partial charge in [0.2, 0.25) is 0 Å². The molecule has 0 fully saturated rings. The van der Waals surface area contributed by atoms with Gasteiger partial charge in [0.05, 0.1) is 0 Å². The van der Waals surface area contributed by atoms with Crippen molar-refractivity contribution in [3.05, 3.63) is 79.2 Å². The summed E-state index contributed by atoms with van der Waals surface area (Å²) >= 11 is 0. The standard InChI is InChI=1S/C21H13/c1-13-5-6-16-12-17-8-7-14-3-2-4-15-9-10-18(19(16)11-13)21(17)20(14)15/h2-12H,1H2/q-1. The lowest BCUT2D eigenvalue weighted by Gasteiger charge is -2.15. The molecule has 0 aliphatic heterocycles. The second kappa shape index (κ2) is 3.67. The maximum Gasteiger partial charge on any atom is -0.00270 e. The Hall–Kier alpha value is -2.73. The molecule has 0 radical (unpaired) electrons. The van der Waals surface area contributed by atoms with Crippen molar-refractivity contribution < 1.29 is 0 Å². The van der Waals surface area contributed by atoms with Gasteiger partial charge in [0.15, 0.2) is 0 Å². The molecule has 0 amide bonds. The third kappa shape index (κ3) is 1.37. The van der Waals surface area contributed by atoms with Gasteiger partial charge in [0, 0.05) is 0 Å². The van der Waals surface area contributed by atoms with E-state index in [1.807, 2.05) is 0 Å². The van der Waals surface area contributed by atoms with E-state index >= 15 is 0 Å². The van der Waals surface area contributed by atoms with E-state index in [1.165, 1.54) is 43.1 Å². The van der Waals surface area contributed by atoms with Crippen LogP contribution in [0.3, 0.4) is 0 Å². The molecule has 0 heteroatoms. The van der Waals surface area contributed by atoms with Crippen molar-refractivity contribution in [2.75, 3.05) is 0 Å². The van der Waals surface area contributed by atoms with Gasteiger partial charge in [-0.2, -0.15) is 24.6 Å². The second-order valence-corrected chi connectivity index (χ2v) is 5.79. The fourth-order valence-electron chi connectivity index (χ4n) is 3.58. The molecule has 0 spiro atoms. The van der Waals surface area contributed by atoms with Crippen LogP contribution >= 0.6 is 0 Å². The van der Waals surface area contributed by atoms with Crippen molar-refractivity contribution >= 4 is 43.1 Å². The van der Waals surface area contributed by atoms with Gasteiger partial charge in [-0.3, -0.25) is 0 Å². The SMILES string of the molecule is [CH2-]c1ccc2cc3ccc4cccc5ccc(c2c1)c3c45. The fourth-order valence-corrected chi connectivity index (χ4v) is 3.58. The second-order valence-electron chi connectivity index (χ2n) is 5.79. The molecular weight excluding hydrogens is 252 g/mol. The van der Waals surface area contributed by atoms with Crippen molar-refractivity contribution in [3.8, 4) is 0 Å². The molecule has 0 heterocycles. The largest absolute Gasteiger partial charge is 0.199 e. The van der Waals surface area contributed by atoms with E-state index < -0.39 is 0 Å². The minimum Gasteiger partial charge on any atom is -0.199 e. The van der Waals surface area contributed by atoms with Gasteiger partial charge in [0.25, 0.3) is 0 Å². The number of benzene rings is 5. The van der Waals surface area contributed by atoms with Crippen LogP contribution in [-0.4, -0.2) is 0 Å². The molecule has 0 bridgehead atoms. The Morgan fingerprint density at radius 3 is 2.10 bits per heavy atom. The summed E-state index contributed by atoms with van der Waals surface area (Å²) in [6.07, 6.45) is 0. The van der Waals surface area contributed by atoms with E-state index in [0.29, 0.717) is 0 Å². The lowest BCUT2D eigenvalue weighted by Crippen LogP contribution is -1.86. The van der Waals surface area contributed by atoms with Gasteiger partial charge < -0.3 is 0 Å². The molecule has 0 aliphatic rings. The Balaban J connectivity index is 2.19. The zero-order valence-electron chi connectivity index (χ0n) is 11.6. The minimum absolute atomic E-state index is 1.07. The van der Waals surface area contributed by atoms with Crippen molar-refractivity contribution in [2.24, 2.45) is 0 Å². The first-order valence-electron chi connectivity index (χ1n) is 7.23. The quantitative estimate of drug-likeness (QED) is 0.185. The van der Waals surface area contributed by atoms with E-state index in [4.69, 9.17) is 0 Å². The van der Waals surface area contributed by atoms with E-state index in [0.717, 1.165) is 5.56 Å². The highest BCUT2D eigenvalue weighted by molar-refractivity contribution is 6.28. The van der Waals surface area contributed by atoms with Gasteiger partial charge >= 0.3 is 0 Å². The summed E-state index contributed by atoms with van der Waals surface area (Å²) in [5.74, 6) is 0. The van der Waals surface area contributed by atoms with Crippen LogP contribution in [0.5, 0.6) is 0 Å². The summed E-state index contributed by atoms with van der Waals surface area (Å²) in [7, 11) is 0. The monoisotopic (exact) mass is 265 g/mol. The summed E-state index contributed by atoms with van der Waals surface area (Å²) in [6, 6.07) is 24.2. The molecule has 0 unspecified atom stereocenters. The third-order valence-electron chi connectivity index (χ3n) is 4.53. The van der Waals surface area contributed by atoms with Crippen molar-refractivity contribution in [2.45, 2.75) is 0 Å². The van der Waals surface area contributed by atoms with Crippen molar-refractivity contribution in [1.29, 1.82) is 0 Å². The first kappa shape index (κ1) is 11.0. The van der Waals surface area contributed by atoms with Gasteiger partial charge in [-0.25, -0.2) is 0 Å². The molecule has 0 aliphatic carbocycles. The Kier molecular flexibility index (Phi) is 1.92. The summed E-state index contributed by atoms with van der Waals surface area (Å²) in [6.45, 7) is 4.08. The van der Waals surface area contributed by atoms with E-state index in [9.17, 15) is 0 Å². The Morgan fingerprint density at radius 2 is 1.24 bits per heavy atom. The molecule has 0 atom stereocenters. The molecule has 5 aromatic carbocycles. The first-order chi connectivity index (χ1) is 10.3. The first-order valence-corrected chi connectivity index (χ1v) is 7.23. The molecule has 0 nitrogen and oxygen atoms in total. The lowest BCUT2D eigenvalue weighted by atomic mass is 9.90. The summed E-state index contributed by atoms with van der Waals surface area (Å²) in [5, 5.41) is 10.6. The maximum absolute atomic E-state index is 4.08. The molecular formula is C21H13-. The normalized spacial score (nSPS) is 12.0. The van der Waals surface area contributed by atoms with Crippen LogP contribution in [-0.2, 0) is 0 Å². The zero-order chi connectivity index (χ0) is 14.0. The Morgan fingerprint density at radius 1 is 0.524 bits per heavy atom. The molecule has 0 aromatic heterocycles. The van der Waals surface area contributed by atoms with E-state index in [1.54, 1.807) is 0 Å². The van der Waals surface area contributed by atoms with Crippen molar-refractivity contribution in [1.82, 2.24) is 0 Å². The van der Waals surface area contributed by atoms with Gasteiger partial charge in [-0.05, 0) is 43.8 Å². The molecule has 21 heavy (non-hydrogen) atoms. The predicted molar refractivity (Wildman–Crippen MR) is 92.1 cm³/mol. The fraction of sp³-hybridized carbons (Fsp3) is 0. The molecule has 0 N–H and O–H groups in total.